The van der Waals surface area contributed by atoms with Crippen molar-refractivity contribution in [3.8, 4) is 0 Å². The van der Waals surface area contributed by atoms with Crippen molar-refractivity contribution in [2.75, 3.05) is 36.4 Å². The molecule has 1 aromatic heterocycles. The van der Waals surface area contributed by atoms with E-state index in [0.717, 1.165) is 5.69 Å². The van der Waals surface area contributed by atoms with E-state index in [-0.39, 0.29) is 23.3 Å². The number of aryl methyl sites for hydroxylation is 1. The number of halogens is 2. The van der Waals surface area contributed by atoms with Gasteiger partial charge in [-0.05, 0) is 41.1 Å². The van der Waals surface area contributed by atoms with E-state index in [1.807, 2.05) is 6.92 Å². The molecule has 1 aliphatic rings. The molecular formula is C18H21BrFN5O2. The standard InChI is InChI=1S/C18H21BrFN5O2/c1-12(17(26)22-14-5-3-4-13(20)10-14)24-6-8-25(9-7-24)15-11-21-23(2)18(27)16(15)19/h3-5,10-12H,6-9H2,1-2H3,(H,22,26). The fraction of sp³-hybridized carbons (Fsp3) is 0.389. The summed E-state index contributed by atoms with van der Waals surface area (Å²) in [4.78, 5) is 28.6. The maximum absolute atomic E-state index is 13.3. The van der Waals surface area contributed by atoms with Crippen molar-refractivity contribution in [3.05, 3.63) is 51.1 Å². The zero-order valence-corrected chi connectivity index (χ0v) is 16.7. The van der Waals surface area contributed by atoms with Crippen LogP contribution in [0.4, 0.5) is 15.8 Å². The summed E-state index contributed by atoms with van der Waals surface area (Å²) in [7, 11) is 1.60. The molecule has 0 bridgehead atoms. The van der Waals surface area contributed by atoms with Gasteiger partial charge < -0.3 is 10.2 Å². The van der Waals surface area contributed by atoms with Gasteiger partial charge in [0.1, 0.15) is 10.3 Å². The summed E-state index contributed by atoms with van der Waals surface area (Å²) in [6.07, 6.45) is 1.67. The first-order chi connectivity index (χ1) is 12.9. The zero-order chi connectivity index (χ0) is 19.6. The molecule has 1 amide bonds. The Morgan fingerprint density at radius 3 is 2.67 bits per heavy atom. The third kappa shape index (κ3) is 4.36. The number of nitrogens with zero attached hydrogens (tertiary/aromatic N) is 4. The van der Waals surface area contributed by atoms with Gasteiger partial charge in [0.05, 0.1) is 17.9 Å². The van der Waals surface area contributed by atoms with Crippen LogP contribution in [0.25, 0.3) is 0 Å². The highest BCUT2D eigenvalue weighted by molar-refractivity contribution is 9.10. The summed E-state index contributed by atoms with van der Waals surface area (Å²) in [5, 5.41) is 6.82. The van der Waals surface area contributed by atoms with Crippen molar-refractivity contribution < 1.29 is 9.18 Å². The number of amides is 1. The Morgan fingerprint density at radius 1 is 1.30 bits per heavy atom. The largest absolute Gasteiger partial charge is 0.367 e. The smallest absolute Gasteiger partial charge is 0.282 e. The average molecular weight is 438 g/mol. The first-order valence-corrected chi connectivity index (χ1v) is 9.43. The molecule has 7 nitrogen and oxygen atoms in total. The summed E-state index contributed by atoms with van der Waals surface area (Å²) >= 11 is 3.35. The third-order valence-electron chi connectivity index (χ3n) is 4.73. The minimum Gasteiger partial charge on any atom is -0.367 e. The summed E-state index contributed by atoms with van der Waals surface area (Å²) in [6, 6.07) is 5.50. The van der Waals surface area contributed by atoms with Gasteiger partial charge in [-0.25, -0.2) is 9.07 Å². The van der Waals surface area contributed by atoms with Crippen molar-refractivity contribution in [1.29, 1.82) is 0 Å². The van der Waals surface area contributed by atoms with Crippen LogP contribution in [-0.2, 0) is 11.8 Å². The van der Waals surface area contributed by atoms with Crippen LogP contribution < -0.4 is 15.8 Å². The van der Waals surface area contributed by atoms with E-state index in [4.69, 9.17) is 0 Å². The minimum atomic E-state index is -0.387. The number of hydrogen-bond acceptors (Lipinski definition) is 5. The molecule has 1 atom stereocenters. The SMILES string of the molecule is CC(C(=O)Nc1cccc(F)c1)N1CCN(c2cnn(C)c(=O)c2Br)CC1. The number of carbonyl (C=O) groups is 1. The second-order valence-electron chi connectivity index (χ2n) is 6.47. The van der Waals surface area contributed by atoms with Gasteiger partial charge in [0.15, 0.2) is 0 Å². The summed E-state index contributed by atoms with van der Waals surface area (Å²) in [6.45, 7) is 4.51. The Kier molecular flexibility index (Phi) is 5.91. The van der Waals surface area contributed by atoms with Crippen LogP contribution in [-0.4, -0.2) is 52.8 Å². The van der Waals surface area contributed by atoms with Crippen LogP contribution in [0, 0.1) is 5.82 Å². The highest BCUT2D eigenvalue weighted by Crippen LogP contribution is 2.23. The minimum absolute atomic E-state index is 0.175. The van der Waals surface area contributed by atoms with Gasteiger partial charge in [0.25, 0.3) is 5.56 Å². The number of piperazine rings is 1. The molecule has 2 heterocycles. The van der Waals surface area contributed by atoms with E-state index in [0.29, 0.717) is 36.3 Å². The molecule has 27 heavy (non-hydrogen) atoms. The second-order valence-corrected chi connectivity index (χ2v) is 7.26. The van der Waals surface area contributed by atoms with E-state index >= 15 is 0 Å². The Labute approximate surface area is 164 Å². The first-order valence-electron chi connectivity index (χ1n) is 8.64. The summed E-state index contributed by atoms with van der Waals surface area (Å²) < 4.78 is 15.0. The summed E-state index contributed by atoms with van der Waals surface area (Å²) in [5.74, 6) is -0.562. The van der Waals surface area contributed by atoms with Gasteiger partial charge in [-0.3, -0.25) is 14.5 Å². The number of anilines is 2. The van der Waals surface area contributed by atoms with Crippen LogP contribution in [0.2, 0.25) is 0 Å². The Morgan fingerprint density at radius 2 is 2.00 bits per heavy atom. The topological polar surface area (TPSA) is 70.5 Å². The van der Waals surface area contributed by atoms with Crippen molar-refractivity contribution in [2.45, 2.75) is 13.0 Å². The molecule has 1 unspecified atom stereocenters. The monoisotopic (exact) mass is 437 g/mol. The van der Waals surface area contributed by atoms with Crippen LogP contribution in [0.1, 0.15) is 6.92 Å². The van der Waals surface area contributed by atoms with Crippen molar-refractivity contribution in [1.82, 2.24) is 14.7 Å². The van der Waals surface area contributed by atoms with Gasteiger partial charge in [0.2, 0.25) is 5.91 Å². The molecule has 2 aromatic rings. The fourth-order valence-electron chi connectivity index (χ4n) is 3.05. The van der Waals surface area contributed by atoms with Crippen LogP contribution >= 0.6 is 15.9 Å². The molecule has 0 aliphatic carbocycles. The highest BCUT2D eigenvalue weighted by Gasteiger charge is 2.27. The van der Waals surface area contributed by atoms with Crippen molar-refractivity contribution >= 4 is 33.2 Å². The number of aromatic nitrogens is 2. The number of benzene rings is 1. The number of nitrogens with one attached hydrogen (secondary N) is 1. The molecule has 0 radical (unpaired) electrons. The first kappa shape index (κ1) is 19.5. The predicted octanol–water partition coefficient (Wildman–Crippen LogP) is 1.83. The number of rotatable bonds is 4. The lowest BCUT2D eigenvalue weighted by Crippen LogP contribution is -2.53. The molecule has 1 fully saturated rings. The van der Waals surface area contributed by atoms with E-state index < -0.39 is 0 Å². The van der Waals surface area contributed by atoms with Gasteiger partial charge in [0, 0.05) is 38.9 Å². The molecule has 1 aromatic carbocycles. The molecule has 3 rings (SSSR count). The van der Waals surface area contributed by atoms with Crippen molar-refractivity contribution in [2.24, 2.45) is 7.05 Å². The lowest BCUT2D eigenvalue weighted by Gasteiger charge is -2.38. The Hall–Kier alpha value is -2.26. The van der Waals surface area contributed by atoms with E-state index in [2.05, 4.69) is 36.1 Å². The fourth-order valence-corrected chi connectivity index (χ4v) is 3.66. The molecule has 1 saturated heterocycles. The van der Waals surface area contributed by atoms with Crippen LogP contribution in [0.3, 0.4) is 0 Å². The van der Waals surface area contributed by atoms with Gasteiger partial charge in [-0.15, -0.1) is 0 Å². The average Bonchev–Trinajstić information content (AvgIpc) is 2.66. The quantitative estimate of drug-likeness (QED) is 0.789. The maximum Gasteiger partial charge on any atom is 0.282 e. The second kappa shape index (κ2) is 8.18. The van der Waals surface area contributed by atoms with Crippen LogP contribution in [0.5, 0.6) is 0 Å². The van der Waals surface area contributed by atoms with Gasteiger partial charge >= 0.3 is 0 Å². The lowest BCUT2D eigenvalue weighted by atomic mass is 10.2. The predicted molar refractivity (Wildman–Crippen MR) is 105 cm³/mol. The molecule has 9 heteroatoms. The molecule has 0 saturated carbocycles. The maximum atomic E-state index is 13.3. The zero-order valence-electron chi connectivity index (χ0n) is 15.2. The third-order valence-corrected chi connectivity index (χ3v) is 5.48. The van der Waals surface area contributed by atoms with Gasteiger partial charge in [-0.2, -0.15) is 5.10 Å². The van der Waals surface area contributed by atoms with Crippen molar-refractivity contribution in [3.63, 3.8) is 0 Å². The van der Waals surface area contributed by atoms with E-state index in [9.17, 15) is 14.0 Å². The van der Waals surface area contributed by atoms with E-state index in [1.54, 1.807) is 25.4 Å². The van der Waals surface area contributed by atoms with Gasteiger partial charge in [-0.1, -0.05) is 6.07 Å². The van der Waals surface area contributed by atoms with Crippen LogP contribution in [0.15, 0.2) is 39.7 Å². The Bertz CT molecular complexity index is 896. The molecule has 0 spiro atoms. The molecule has 144 valence electrons. The number of hydrogen-bond donors (Lipinski definition) is 1. The normalized spacial score (nSPS) is 16.2. The highest BCUT2D eigenvalue weighted by atomic mass is 79.9. The Balaban J connectivity index is 1.61. The molecule has 1 aliphatic heterocycles. The summed E-state index contributed by atoms with van der Waals surface area (Å²) in [5.41, 5.74) is 1.02. The molecular weight excluding hydrogens is 417 g/mol. The van der Waals surface area contributed by atoms with E-state index in [1.165, 1.54) is 16.8 Å². The molecule has 1 N–H and O–H groups in total. The lowest BCUT2D eigenvalue weighted by molar-refractivity contribution is -0.120. The number of carbonyl (C=O) groups excluding carboxylic acids is 1.